The van der Waals surface area contributed by atoms with Gasteiger partial charge < -0.3 is 14.4 Å². The van der Waals surface area contributed by atoms with Crippen LogP contribution in [0.3, 0.4) is 0 Å². The first-order valence-corrected chi connectivity index (χ1v) is 8.15. The lowest BCUT2D eigenvalue weighted by Gasteiger charge is -2.38. The molecule has 24 heavy (non-hydrogen) atoms. The Morgan fingerprint density at radius 1 is 1.17 bits per heavy atom. The first kappa shape index (κ1) is 18.9. The highest BCUT2D eigenvalue weighted by molar-refractivity contribution is 5.87. The molecule has 138 valence electrons. The third kappa shape index (κ3) is 4.15. The number of piperidine rings is 1. The van der Waals surface area contributed by atoms with Crippen molar-refractivity contribution < 1.29 is 27.8 Å². The maximum atomic E-state index is 13.3. The minimum absolute atomic E-state index is 0.0229. The van der Waals surface area contributed by atoms with Crippen molar-refractivity contribution in [2.75, 3.05) is 19.7 Å². The van der Waals surface area contributed by atoms with E-state index in [-0.39, 0.29) is 38.4 Å². The van der Waals surface area contributed by atoms with E-state index in [4.69, 9.17) is 9.47 Å². The van der Waals surface area contributed by atoms with Gasteiger partial charge in [-0.3, -0.25) is 9.69 Å². The lowest BCUT2D eigenvalue weighted by molar-refractivity contribution is -0.142. The monoisotopic (exact) mass is 348 g/mol. The van der Waals surface area contributed by atoms with Crippen LogP contribution >= 0.6 is 0 Å². The molecule has 0 aliphatic carbocycles. The first-order valence-electron chi connectivity index (χ1n) is 8.15. The molecule has 0 bridgehead atoms. The van der Waals surface area contributed by atoms with Crippen molar-refractivity contribution in [1.82, 2.24) is 9.80 Å². The summed E-state index contributed by atoms with van der Waals surface area (Å²) in [6, 6.07) is -0.860. The summed E-state index contributed by atoms with van der Waals surface area (Å²) in [5.74, 6) is -3.10. The second-order valence-corrected chi connectivity index (χ2v) is 7.81. The number of hydrogen-bond acceptors (Lipinski definition) is 4. The molecular weight excluding hydrogens is 322 g/mol. The van der Waals surface area contributed by atoms with Crippen LogP contribution in [0.4, 0.5) is 13.6 Å². The molecule has 0 saturated carbocycles. The topological polar surface area (TPSA) is 59.1 Å². The zero-order chi connectivity index (χ0) is 18.3. The zero-order valence-electron chi connectivity index (χ0n) is 14.9. The average molecular weight is 348 g/mol. The quantitative estimate of drug-likeness (QED) is 0.731. The van der Waals surface area contributed by atoms with Crippen molar-refractivity contribution in [2.24, 2.45) is 0 Å². The van der Waals surface area contributed by atoms with Crippen molar-refractivity contribution in [2.45, 2.75) is 70.8 Å². The van der Waals surface area contributed by atoms with E-state index in [1.54, 1.807) is 34.6 Å². The second kappa shape index (κ2) is 6.13. The second-order valence-electron chi connectivity index (χ2n) is 7.81. The highest BCUT2D eigenvalue weighted by atomic mass is 19.3. The smallest absolute Gasteiger partial charge is 0.413 e. The lowest BCUT2D eigenvalue weighted by atomic mass is 10.1. The Morgan fingerprint density at radius 2 is 1.71 bits per heavy atom. The molecule has 2 saturated heterocycles. The van der Waals surface area contributed by atoms with Gasteiger partial charge in [0.05, 0.1) is 6.61 Å². The van der Waals surface area contributed by atoms with E-state index in [2.05, 4.69) is 0 Å². The summed E-state index contributed by atoms with van der Waals surface area (Å²) in [4.78, 5) is 27.9. The van der Waals surface area contributed by atoms with Crippen LogP contribution in [0.25, 0.3) is 0 Å². The van der Waals surface area contributed by atoms with Crippen molar-refractivity contribution in [3.8, 4) is 0 Å². The number of hydrogen-bond donors (Lipinski definition) is 0. The summed E-state index contributed by atoms with van der Waals surface area (Å²) in [5.41, 5.74) is -1.71. The third-order valence-electron chi connectivity index (χ3n) is 4.17. The fourth-order valence-corrected chi connectivity index (χ4v) is 2.91. The van der Waals surface area contributed by atoms with Crippen molar-refractivity contribution in [1.29, 1.82) is 0 Å². The molecule has 0 unspecified atom stereocenters. The first-order chi connectivity index (χ1) is 10.8. The standard InChI is InChI=1S/C16H26F2N2O4/c1-14(2,3)24-13(22)20-11(10-23-15(20,4)5)12(21)19-8-6-16(17,18)7-9-19/h11H,6-10H2,1-5H3/t11-/m0/s1. The molecule has 2 fully saturated rings. The fourth-order valence-electron chi connectivity index (χ4n) is 2.91. The van der Waals surface area contributed by atoms with E-state index in [1.165, 1.54) is 9.80 Å². The molecule has 2 rings (SSSR count). The maximum Gasteiger partial charge on any atom is 0.413 e. The normalized spacial score (nSPS) is 26.4. The van der Waals surface area contributed by atoms with Gasteiger partial charge in [0.1, 0.15) is 17.4 Å². The number of carbonyl (C=O) groups is 2. The predicted octanol–water partition coefficient (Wildman–Crippen LogP) is 2.62. The van der Waals surface area contributed by atoms with E-state index in [0.717, 1.165) is 0 Å². The van der Waals surface area contributed by atoms with Gasteiger partial charge in [-0.25, -0.2) is 13.6 Å². The molecule has 0 aromatic heterocycles. The van der Waals surface area contributed by atoms with Gasteiger partial charge in [-0.15, -0.1) is 0 Å². The third-order valence-corrected chi connectivity index (χ3v) is 4.17. The van der Waals surface area contributed by atoms with Crippen LogP contribution in [-0.2, 0) is 14.3 Å². The molecule has 0 radical (unpaired) electrons. The number of carbonyl (C=O) groups excluding carboxylic acids is 2. The van der Waals surface area contributed by atoms with Crippen molar-refractivity contribution in [3.05, 3.63) is 0 Å². The summed E-state index contributed by atoms with van der Waals surface area (Å²) < 4.78 is 37.5. The SMILES string of the molecule is CC(C)(C)OC(=O)N1[C@H](C(=O)N2CCC(F)(F)CC2)COC1(C)C. The molecule has 0 aromatic rings. The van der Waals surface area contributed by atoms with Crippen molar-refractivity contribution in [3.63, 3.8) is 0 Å². The molecular formula is C16H26F2N2O4. The average Bonchev–Trinajstić information content (AvgIpc) is 2.71. The van der Waals surface area contributed by atoms with Gasteiger partial charge in [-0.2, -0.15) is 0 Å². The van der Waals surface area contributed by atoms with Crippen molar-refractivity contribution >= 4 is 12.0 Å². The number of nitrogens with zero attached hydrogens (tertiary/aromatic N) is 2. The molecule has 0 N–H and O–H groups in total. The lowest BCUT2D eigenvalue weighted by Crippen LogP contribution is -2.56. The van der Waals surface area contributed by atoms with E-state index in [9.17, 15) is 18.4 Å². The summed E-state index contributed by atoms with van der Waals surface area (Å²) in [7, 11) is 0. The summed E-state index contributed by atoms with van der Waals surface area (Å²) in [6.45, 7) is 8.53. The highest BCUT2D eigenvalue weighted by Crippen LogP contribution is 2.32. The molecule has 6 nitrogen and oxygen atoms in total. The van der Waals surface area contributed by atoms with Gasteiger partial charge in [0.15, 0.2) is 0 Å². The van der Waals surface area contributed by atoms with Gasteiger partial charge in [-0.05, 0) is 34.6 Å². The van der Waals surface area contributed by atoms with E-state index < -0.39 is 29.4 Å². The van der Waals surface area contributed by atoms with Crippen LogP contribution in [0.5, 0.6) is 0 Å². The Bertz CT molecular complexity index is 507. The Morgan fingerprint density at radius 3 is 2.21 bits per heavy atom. The number of rotatable bonds is 1. The van der Waals surface area contributed by atoms with Crippen LogP contribution < -0.4 is 0 Å². The minimum atomic E-state index is -2.73. The highest BCUT2D eigenvalue weighted by Gasteiger charge is 2.50. The zero-order valence-corrected chi connectivity index (χ0v) is 14.9. The number of amides is 2. The summed E-state index contributed by atoms with van der Waals surface area (Å²) in [6.07, 6.45) is -1.37. The number of alkyl halides is 2. The molecule has 0 spiro atoms. The fraction of sp³-hybridized carbons (Fsp3) is 0.875. The van der Waals surface area contributed by atoms with Crippen LogP contribution in [0, 0.1) is 0 Å². The Hall–Kier alpha value is -1.44. The molecule has 2 amide bonds. The Labute approximate surface area is 141 Å². The van der Waals surface area contributed by atoms with Gasteiger partial charge >= 0.3 is 6.09 Å². The summed E-state index contributed by atoms with van der Waals surface area (Å²) >= 11 is 0. The number of likely N-dealkylation sites (tertiary alicyclic amines) is 1. The number of ether oxygens (including phenoxy) is 2. The molecule has 2 aliphatic heterocycles. The Kier molecular flexibility index (Phi) is 4.82. The van der Waals surface area contributed by atoms with Gasteiger partial charge in [0.2, 0.25) is 5.91 Å². The van der Waals surface area contributed by atoms with Crippen LogP contribution in [-0.4, -0.2) is 64.8 Å². The maximum absolute atomic E-state index is 13.3. The van der Waals surface area contributed by atoms with E-state index >= 15 is 0 Å². The van der Waals surface area contributed by atoms with Gasteiger partial charge in [0.25, 0.3) is 5.92 Å². The van der Waals surface area contributed by atoms with E-state index in [1.807, 2.05) is 0 Å². The van der Waals surface area contributed by atoms with Crippen LogP contribution in [0.15, 0.2) is 0 Å². The molecule has 8 heteroatoms. The Balaban J connectivity index is 2.13. The summed E-state index contributed by atoms with van der Waals surface area (Å²) in [5, 5.41) is 0. The van der Waals surface area contributed by atoms with Crippen LogP contribution in [0.1, 0.15) is 47.5 Å². The molecule has 0 aromatic carbocycles. The van der Waals surface area contributed by atoms with Crippen LogP contribution in [0.2, 0.25) is 0 Å². The number of halogens is 2. The van der Waals surface area contributed by atoms with Gasteiger partial charge in [0, 0.05) is 25.9 Å². The minimum Gasteiger partial charge on any atom is -0.444 e. The molecule has 2 aliphatic rings. The van der Waals surface area contributed by atoms with E-state index in [0.29, 0.717) is 0 Å². The predicted molar refractivity (Wildman–Crippen MR) is 82.7 cm³/mol. The van der Waals surface area contributed by atoms with Gasteiger partial charge in [-0.1, -0.05) is 0 Å². The molecule has 1 atom stereocenters. The largest absolute Gasteiger partial charge is 0.444 e. The molecule has 2 heterocycles.